The molecule has 1 atom stereocenters. The third kappa shape index (κ3) is 3.49. The SMILES string of the molecule is CCN(CC)c1cccc(CC2CCCNC2)c1. The van der Waals surface area contributed by atoms with E-state index in [1.807, 2.05) is 0 Å². The molecule has 1 aromatic carbocycles. The summed E-state index contributed by atoms with van der Waals surface area (Å²) in [6.07, 6.45) is 3.94. The van der Waals surface area contributed by atoms with Crippen LogP contribution in [0.3, 0.4) is 0 Å². The summed E-state index contributed by atoms with van der Waals surface area (Å²) >= 11 is 0. The molecule has 1 saturated heterocycles. The van der Waals surface area contributed by atoms with Crippen LogP contribution in [0.1, 0.15) is 32.3 Å². The normalized spacial score (nSPS) is 19.8. The van der Waals surface area contributed by atoms with Gasteiger partial charge in [-0.05, 0) is 69.8 Å². The third-order valence-electron chi connectivity index (χ3n) is 3.96. The highest BCUT2D eigenvalue weighted by molar-refractivity contribution is 5.48. The van der Waals surface area contributed by atoms with E-state index in [0.29, 0.717) is 0 Å². The first-order valence-electron chi connectivity index (χ1n) is 7.38. The van der Waals surface area contributed by atoms with E-state index >= 15 is 0 Å². The molecular weight excluding hydrogens is 220 g/mol. The van der Waals surface area contributed by atoms with E-state index in [4.69, 9.17) is 0 Å². The summed E-state index contributed by atoms with van der Waals surface area (Å²) in [5.41, 5.74) is 2.87. The molecule has 1 unspecified atom stereocenters. The highest BCUT2D eigenvalue weighted by Gasteiger charge is 2.13. The van der Waals surface area contributed by atoms with E-state index in [1.54, 1.807) is 0 Å². The Bertz CT molecular complexity index is 352. The molecule has 0 aromatic heterocycles. The predicted molar refractivity (Wildman–Crippen MR) is 79.3 cm³/mol. The van der Waals surface area contributed by atoms with Crippen molar-refractivity contribution in [2.45, 2.75) is 33.1 Å². The van der Waals surface area contributed by atoms with E-state index in [1.165, 1.54) is 43.6 Å². The zero-order valence-corrected chi connectivity index (χ0v) is 11.8. The molecule has 2 rings (SSSR count). The Morgan fingerprint density at radius 1 is 1.28 bits per heavy atom. The van der Waals surface area contributed by atoms with E-state index in [-0.39, 0.29) is 0 Å². The van der Waals surface area contributed by atoms with Crippen LogP contribution in [0.5, 0.6) is 0 Å². The van der Waals surface area contributed by atoms with Gasteiger partial charge in [0.25, 0.3) is 0 Å². The lowest BCUT2D eigenvalue weighted by molar-refractivity contribution is 0.376. The lowest BCUT2D eigenvalue weighted by Crippen LogP contribution is -2.30. The van der Waals surface area contributed by atoms with Crippen molar-refractivity contribution in [1.82, 2.24) is 5.32 Å². The third-order valence-corrected chi connectivity index (χ3v) is 3.96. The standard InChI is InChI=1S/C16H26N2/c1-3-18(4-2)16-9-5-7-14(12-16)11-15-8-6-10-17-13-15/h5,7,9,12,15,17H,3-4,6,8,10-11,13H2,1-2H3. The van der Waals surface area contributed by atoms with Crippen LogP contribution in [-0.4, -0.2) is 26.2 Å². The monoisotopic (exact) mass is 246 g/mol. The van der Waals surface area contributed by atoms with Crippen LogP contribution in [-0.2, 0) is 6.42 Å². The van der Waals surface area contributed by atoms with Crippen LogP contribution in [0.15, 0.2) is 24.3 Å². The molecule has 1 heterocycles. The number of piperidine rings is 1. The molecule has 0 radical (unpaired) electrons. The van der Waals surface area contributed by atoms with Gasteiger partial charge in [-0.3, -0.25) is 0 Å². The molecule has 18 heavy (non-hydrogen) atoms. The van der Waals surface area contributed by atoms with Crippen molar-refractivity contribution in [3.8, 4) is 0 Å². The summed E-state index contributed by atoms with van der Waals surface area (Å²) in [6.45, 7) is 9.02. The van der Waals surface area contributed by atoms with Gasteiger partial charge < -0.3 is 10.2 Å². The molecule has 0 bridgehead atoms. The first-order valence-corrected chi connectivity index (χ1v) is 7.38. The minimum absolute atomic E-state index is 0.825. The van der Waals surface area contributed by atoms with Gasteiger partial charge in [-0.1, -0.05) is 12.1 Å². The molecule has 0 aliphatic carbocycles. The van der Waals surface area contributed by atoms with Crippen molar-refractivity contribution in [2.24, 2.45) is 5.92 Å². The van der Waals surface area contributed by atoms with Gasteiger partial charge in [0.15, 0.2) is 0 Å². The van der Waals surface area contributed by atoms with Crippen molar-refractivity contribution in [3.63, 3.8) is 0 Å². The Kier molecular flexibility index (Phi) is 5.06. The van der Waals surface area contributed by atoms with E-state index in [0.717, 1.165) is 19.0 Å². The van der Waals surface area contributed by atoms with Crippen LogP contribution in [0.4, 0.5) is 5.69 Å². The number of nitrogens with zero attached hydrogens (tertiary/aromatic N) is 1. The number of rotatable bonds is 5. The van der Waals surface area contributed by atoms with Crippen LogP contribution in [0.2, 0.25) is 0 Å². The summed E-state index contributed by atoms with van der Waals surface area (Å²) in [6, 6.07) is 9.10. The van der Waals surface area contributed by atoms with Gasteiger partial charge in [0, 0.05) is 18.8 Å². The molecule has 1 aliphatic heterocycles. The smallest absolute Gasteiger partial charge is 0.0368 e. The topological polar surface area (TPSA) is 15.3 Å². The fourth-order valence-electron chi connectivity index (χ4n) is 2.90. The Morgan fingerprint density at radius 3 is 2.78 bits per heavy atom. The number of hydrogen-bond acceptors (Lipinski definition) is 2. The van der Waals surface area contributed by atoms with Crippen molar-refractivity contribution in [3.05, 3.63) is 29.8 Å². The van der Waals surface area contributed by atoms with E-state index in [2.05, 4.69) is 48.3 Å². The number of hydrogen-bond donors (Lipinski definition) is 1. The van der Waals surface area contributed by atoms with Crippen LogP contribution < -0.4 is 10.2 Å². The van der Waals surface area contributed by atoms with Crippen molar-refractivity contribution < 1.29 is 0 Å². The molecule has 2 heteroatoms. The summed E-state index contributed by atoms with van der Waals surface area (Å²) in [7, 11) is 0. The Labute approximate surface area is 111 Å². The molecule has 0 saturated carbocycles. The molecule has 0 spiro atoms. The van der Waals surface area contributed by atoms with Crippen molar-refractivity contribution in [2.75, 3.05) is 31.1 Å². The minimum atomic E-state index is 0.825. The predicted octanol–water partition coefficient (Wildman–Crippen LogP) is 3.07. The second-order valence-electron chi connectivity index (χ2n) is 5.26. The fraction of sp³-hybridized carbons (Fsp3) is 0.625. The Hall–Kier alpha value is -1.02. The maximum atomic E-state index is 3.50. The van der Waals surface area contributed by atoms with Gasteiger partial charge in [0.2, 0.25) is 0 Å². The first kappa shape index (κ1) is 13.4. The number of benzene rings is 1. The summed E-state index contributed by atoms with van der Waals surface area (Å²) in [5, 5.41) is 3.50. The fourth-order valence-corrected chi connectivity index (χ4v) is 2.90. The molecule has 1 aliphatic rings. The average Bonchev–Trinajstić information content (AvgIpc) is 2.42. The largest absolute Gasteiger partial charge is 0.372 e. The molecule has 0 amide bonds. The highest BCUT2D eigenvalue weighted by atomic mass is 15.1. The second-order valence-corrected chi connectivity index (χ2v) is 5.26. The number of nitrogens with one attached hydrogen (secondary N) is 1. The second kappa shape index (κ2) is 6.79. The molecule has 100 valence electrons. The van der Waals surface area contributed by atoms with Crippen LogP contribution in [0, 0.1) is 5.92 Å². The van der Waals surface area contributed by atoms with Gasteiger partial charge in [-0.2, -0.15) is 0 Å². The molecular formula is C16H26N2. The zero-order valence-electron chi connectivity index (χ0n) is 11.8. The summed E-state index contributed by atoms with van der Waals surface area (Å²) < 4.78 is 0. The van der Waals surface area contributed by atoms with Crippen molar-refractivity contribution in [1.29, 1.82) is 0 Å². The zero-order chi connectivity index (χ0) is 12.8. The molecule has 1 aromatic rings. The quantitative estimate of drug-likeness (QED) is 0.859. The van der Waals surface area contributed by atoms with E-state index < -0.39 is 0 Å². The van der Waals surface area contributed by atoms with Gasteiger partial charge in [-0.15, -0.1) is 0 Å². The summed E-state index contributed by atoms with van der Waals surface area (Å²) in [4.78, 5) is 2.42. The lowest BCUT2D eigenvalue weighted by atomic mass is 9.92. The van der Waals surface area contributed by atoms with Gasteiger partial charge in [0.1, 0.15) is 0 Å². The van der Waals surface area contributed by atoms with E-state index in [9.17, 15) is 0 Å². The first-order chi connectivity index (χ1) is 8.83. The molecule has 1 fully saturated rings. The van der Waals surface area contributed by atoms with Gasteiger partial charge in [-0.25, -0.2) is 0 Å². The summed E-state index contributed by atoms with van der Waals surface area (Å²) in [5.74, 6) is 0.825. The molecule has 1 N–H and O–H groups in total. The number of anilines is 1. The van der Waals surface area contributed by atoms with Crippen LogP contribution >= 0.6 is 0 Å². The molecule has 2 nitrogen and oxygen atoms in total. The minimum Gasteiger partial charge on any atom is -0.372 e. The van der Waals surface area contributed by atoms with Crippen LogP contribution in [0.25, 0.3) is 0 Å². The maximum absolute atomic E-state index is 3.50. The Morgan fingerprint density at radius 2 is 2.11 bits per heavy atom. The van der Waals surface area contributed by atoms with Gasteiger partial charge in [0.05, 0.1) is 0 Å². The Balaban J connectivity index is 2.01. The van der Waals surface area contributed by atoms with Gasteiger partial charge >= 0.3 is 0 Å². The maximum Gasteiger partial charge on any atom is 0.0368 e. The lowest BCUT2D eigenvalue weighted by Gasteiger charge is -2.24. The highest BCUT2D eigenvalue weighted by Crippen LogP contribution is 2.21. The average molecular weight is 246 g/mol. The van der Waals surface area contributed by atoms with Crippen molar-refractivity contribution >= 4 is 5.69 Å².